The Morgan fingerprint density at radius 3 is 2.57 bits per heavy atom. The normalized spacial score (nSPS) is 19.7. The molecule has 0 fully saturated rings. The van der Waals surface area contributed by atoms with Gasteiger partial charge in [-0.3, -0.25) is 19.0 Å². The minimum Gasteiger partial charge on any atom is -0.491 e. The summed E-state index contributed by atoms with van der Waals surface area (Å²) in [7, 11) is 1.45. The SMILES string of the molecule is COc1cccn(-c2cccc(CN3C(=O)[C@](O)([C@H](C)/C=C/CC(=O)N4Cc5ccccc5C[C@H]4CO)c4ccccc43)c2)c1=O. The molecule has 9 heteroatoms. The summed E-state index contributed by atoms with van der Waals surface area (Å²) < 4.78 is 6.67. The van der Waals surface area contributed by atoms with Crippen molar-refractivity contribution in [2.75, 3.05) is 18.6 Å². The van der Waals surface area contributed by atoms with E-state index in [-0.39, 0.29) is 42.8 Å². The Morgan fingerprint density at radius 1 is 1.02 bits per heavy atom. The number of methoxy groups -OCH3 is 1. The van der Waals surface area contributed by atoms with Crippen molar-refractivity contribution in [3.63, 3.8) is 0 Å². The van der Waals surface area contributed by atoms with E-state index in [1.807, 2.05) is 54.6 Å². The van der Waals surface area contributed by atoms with Gasteiger partial charge in [0.1, 0.15) is 0 Å². The highest BCUT2D eigenvalue weighted by Gasteiger charge is 2.52. The van der Waals surface area contributed by atoms with Gasteiger partial charge in [-0.05, 0) is 53.4 Å². The predicted octanol–water partition coefficient (Wildman–Crippen LogP) is 4.11. The van der Waals surface area contributed by atoms with Gasteiger partial charge in [0.05, 0.1) is 32.0 Å². The highest BCUT2D eigenvalue weighted by atomic mass is 16.5. The van der Waals surface area contributed by atoms with E-state index < -0.39 is 17.4 Å². The fraction of sp³-hybridized carbons (Fsp3) is 0.270. The van der Waals surface area contributed by atoms with E-state index in [4.69, 9.17) is 4.74 Å². The third-order valence-electron chi connectivity index (χ3n) is 9.10. The molecule has 0 saturated carbocycles. The van der Waals surface area contributed by atoms with Gasteiger partial charge >= 0.3 is 0 Å². The quantitative estimate of drug-likeness (QED) is 0.273. The lowest BCUT2D eigenvalue weighted by Gasteiger charge is -2.36. The van der Waals surface area contributed by atoms with Crippen molar-refractivity contribution < 1.29 is 24.5 Å². The highest BCUT2D eigenvalue weighted by molar-refractivity contribution is 6.07. The minimum absolute atomic E-state index is 0.0784. The van der Waals surface area contributed by atoms with Crippen LogP contribution in [0, 0.1) is 5.92 Å². The second-order valence-corrected chi connectivity index (χ2v) is 11.8. The number of amides is 2. The van der Waals surface area contributed by atoms with Crippen LogP contribution in [-0.2, 0) is 34.7 Å². The van der Waals surface area contributed by atoms with E-state index in [0.717, 1.165) is 16.7 Å². The number of nitrogens with zero attached hydrogens (tertiary/aromatic N) is 3. The lowest BCUT2D eigenvalue weighted by atomic mass is 9.83. The Bertz CT molecular complexity index is 1870. The summed E-state index contributed by atoms with van der Waals surface area (Å²) in [4.78, 5) is 43.4. The maximum atomic E-state index is 14.0. The summed E-state index contributed by atoms with van der Waals surface area (Å²) >= 11 is 0. The van der Waals surface area contributed by atoms with Gasteiger partial charge in [-0.15, -0.1) is 0 Å². The maximum absolute atomic E-state index is 14.0. The Morgan fingerprint density at radius 2 is 1.78 bits per heavy atom. The number of anilines is 1. The Balaban J connectivity index is 1.20. The smallest absolute Gasteiger partial charge is 0.297 e. The monoisotopic (exact) mass is 619 g/mol. The Labute approximate surface area is 267 Å². The molecule has 4 aromatic rings. The number of fused-ring (bicyclic) bond motifs is 2. The third-order valence-corrected chi connectivity index (χ3v) is 9.10. The molecule has 2 N–H and O–H groups in total. The number of benzene rings is 3. The van der Waals surface area contributed by atoms with Crippen molar-refractivity contribution in [2.45, 2.75) is 44.5 Å². The molecule has 0 unspecified atom stereocenters. The molecule has 3 heterocycles. The zero-order valence-corrected chi connectivity index (χ0v) is 25.9. The first-order chi connectivity index (χ1) is 22.3. The van der Waals surface area contributed by atoms with Crippen LogP contribution in [0.3, 0.4) is 0 Å². The van der Waals surface area contributed by atoms with Crippen LogP contribution >= 0.6 is 0 Å². The van der Waals surface area contributed by atoms with Gasteiger partial charge in [-0.2, -0.15) is 0 Å². The van der Waals surface area contributed by atoms with Gasteiger partial charge in [0.25, 0.3) is 11.5 Å². The van der Waals surface area contributed by atoms with Gasteiger partial charge in [-0.25, -0.2) is 0 Å². The second kappa shape index (κ2) is 12.8. The molecule has 2 aliphatic rings. The van der Waals surface area contributed by atoms with Crippen LogP contribution < -0.4 is 15.2 Å². The second-order valence-electron chi connectivity index (χ2n) is 11.8. The molecule has 0 aliphatic carbocycles. The van der Waals surface area contributed by atoms with Crippen molar-refractivity contribution in [2.24, 2.45) is 5.92 Å². The van der Waals surface area contributed by atoms with E-state index in [0.29, 0.717) is 29.9 Å². The summed E-state index contributed by atoms with van der Waals surface area (Å²) in [5.41, 5.74) is 2.57. The number of ether oxygens (including phenoxy) is 1. The first-order valence-electron chi connectivity index (χ1n) is 15.4. The van der Waals surface area contributed by atoms with Gasteiger partial charge < -0.3 is 24.7 Å². The van der Waals surface area contributed by atoms with E-state index in [2.05, 4.69) is 0 Å². The van der Waals surface area contributed by atoms with Crippen LogP contribution in [0.5, 0.6) is 5.75 Å². The van der Waals surface area contributed by atoms with Gasteiger partial charge in [-0.1, -0.05) is 73.7 Å². The van der Waals surface area contributed by atoms with Gasteiger partial charge in [0, 0.05) is 36.3 Å². The van der Waals surface area contributed by atoms with Crippen molar-refractivity contribution in [1.82, 2.24) is 9.47 Å². The molecule has 0 bridgehead atoms. The van der Waals surface area contributed by atoms with Crippen LogP contribution in [0.1, 0.15) is 35.6 Å². The van der Waals surface area contributed by atoms with E-state index >= 15 is 0 Å². The number of aromatic nitrogens is 1. The maximum Gasteiger partial charge on any atom is 0.297 e. The number of aliphatic hydroxyl groups is 2. The summed E-state index contributed by atoms with van der Waals surface area (Å²) in [6.45, 7) is 2.25. The first kappa shape index (κ1) is 31.0. The summed E-state index contributed by atoms with van der Waals surface area (Å²) in [5, 5.41) is 22.0. The number of aliphatic hydroxyl groups excluding tert-OH is 1. The van der Waals surface area contributed by atoms with Crippen LogP contribution in [0.2, 0.25) is 0 Å². The number of para-hydroxylation sites is 1. The topological polar surface area (TPSA) is 112 Å². The fourth-order valence-corrected chi connectivity index (χ4v) is 6.55. The molecule has 3 atom stereocenters. The Kier molecular flexibility index (Phi) is 8.62. The molecular formula is C37H37N3O6. The van der Waals surface area contributed by atoms with E-state index in [9.17, 15) is 24.6 Å². The summed E-state index contributed by atoms with van der Waals surface area (Å²) in [6.07, 6.45) is 5.76. The molecular weight excluding hydrogens is 582 g/mol. The number of hydrogen-bond donors (Lipinski definition) is 2. The van der Waals surface area contributed by atoms with E-state index in [1.165, 1.54) is 11.7 Å². The molecule has 0 saturated heterocycles. The Hall–Kier alpha value is -4.99. The highest BCUT2D eigenvalue weighted by Crippen LogP contribution is 2.45. The number of rotatable bonds is 9. The fourth-order valence-electron chi connectivity index (χ4n) is 6.55. The predicted molar refractivity (Wildman–Crippen MR) is 175 cm³/mol. The lowest BCUT2D eigenvalue weighted by Crippen LogP contribution is -2.46. The molecule has 2 aliphatic heterocycles. The first-order valence-corrected chi connectivity index (χ1v) is 15.4. The standard InChI is InChI=1S/C37H37N3O6/c1-25(10-7-18-34(42)39-23-28-13-4-3-12-27(28)21-30(39)24-41)37(45)31-15-5-6-16-32(31)40(36(37)44)22-26-11-8-14-29(20-26)38-19-9-17-33(46-2)35(38)43/h3-17,19-20,25,30,41,45H,18,21-24H2,1-2H3/b10-7+/t25-,30+,37+/m1/s1. The van der Waals surface area contributed by atoms with E-state index in [1.54, 1.807) is 65.4 Å². The van der Waals surface area contributed by atoms with Gasteiger partial charge in [0.2, 0.25) is 5.91 Å². The summed E-state index contributed by atoms with van der Waals surface area (Å²) in [5.74, 6) is -1.01. The summed E-state index contributed by atoms with van der Waals surface area (Å²) in [6, 6.07) is 25.5. The zero-order chi connectivity index (χ0) is 32.4. The molecule has 46 heavy (non-hydrogen) atoms. The van der Waals surface area contributed by atoms with Crippen molar-refractivity contribution in [3.8, 4) is 11.4 Å². The third kappa shape index (κ3) is 5.52. The lowest BCUT2D eigenvalue weighted by molar-refractivity contribution is -0.139. The van der Waals surface area contributed by atoms with Crippen LogP contribution in [0.15, 0.2) is 108 Å². The van der Waals surface area contributed by atoms with Gasteiger partial charge in [0.15, 0.2) is 11.4 Å². The van der Waals surface area contributed by atoms with Crippen LogP contribution in [-0.4, -0.2) is 51.3 Å². The zero-order valence-electron chi connectivity index (χ0n) is 25.9. The average molecular weight is 620 g/mol. The number of carbonyl (C=O) groups is 2. The largest absolute Gasteiger partial charge is 0.491 e. The van der Waals surface area contributed by atoms with Crippen molar-refractivity contribution >= 4 is 17.5 Å². The number of carbonyl (C=O) groups excluding carboxylic acids is 2. The minimum atomic E-state index is -1.84. The van der Waals surface area contributed by atoms with Crippen LogP contribution in [0.25, 0.3) is 5.69 Å². The molecule has 3 aromatic carbocycles. The van der Waals surface area contributed by atoms with Crippen LogP contribution in [0.4, 0.5) is 5.69 Å². The molecule has 9 nitrogen and oxygen atoms in total. The molecule has 2 amide bonds. The number of pyridine rings is 1. The van der Waals surface area contributed by atoms with Crippen molar-refractivity contribution in [1.29, 1.82) is 0 Å². The molecule has 0 radical (unpaired) electrons. The molecule has 0 spiro atoms. The number of hydrogen-bond acceptors (Lipinski definition) is 6. The van der Waals surface area contributed by atoms with Crippen molar-refractivity contribution in [3.05, 3.63) is 136 Å². The average Bonchev–Trinajstić information content (AvgIpc) is 3.30. The molecule has 236 valence electrons. The molecule has 1 aromatic heterocycles. The molecule has 6 rings (SSSR count).